The summed E-state index contributed by atoms with van der Waals surface area (Å²) in [6.45, 7) is 6.50. The van der Waals surface area contributed by atoms with Crippen LogP contribution in [-0.2, 0) is 20.7 Å². The predicted octanol–water partition coefficient (Wildman–Crippen LogP) is 5.26. The molecule has 1 saturated heterocycles. The minimum Gasteiger partial charge on any atom is -0.508 e. The smallest absolute Gasteiger partial charge is 0.331 e. The fourth-order valence-corrected chi connectivity index (χ4v) is 5.91. The van der Waals surface area contributed by atoms with Crippen LogP contribution in [0.5, 0.6) is 5.75 Å². The molecule has 4 rings (SSSR count). The lowest BCUT2D eigenvalue weighted by Gasteiger charge is -2.44. The summed E-state index contributed by atoms with van der Waals surface area (Å²) in [6, 6.07) is 6.90. The van der Waals surface area contributed by atoms with Crippen LogP contribution in [0.3, 0.4) is 0 Å². The summed E-state index contributed by atoms with van der Waals surface area (Å²) >= 11 is 0. The van der Waals surface area contributed by atoms with Gasteiger partial charge in [-0.25, -0.2) is 4.79 Å². The van der Waals surface area contributed by atoms with Crippen LogP contribution in [0.25, 0.3) is 0 Å². The molecule has 1 aliphatic carbocycles. The number of phenolic OH excluding ortho intramolecular Hbond substituents is 1. The van der Waals surface area contributed by atoms with E-state index in [2.05, 4.69) is 44.3 Å². The van der Waals surface area contributed by atoms with E-state index in [-0.39, 0.29) is 35.5 Å². The maximum absolute atomic E-state index is 13.7. The lowest BCUT2D eigenvalue weighted by atomic mass is 9.63. The van der Waals surface area contributed by atoms with Crippen LogP contribution in [0.1, 0.15) is 58.4 Å². The number of aromatic hydroxyl groups is 1. The monoisotopic (exact) mass is 463 g/mol. The van der Waals surface area contributed by atoms with Crippen molar-refractivity contribution in [3.63, 3.8) is 0 Å². The Balaban J connectivity index is 1.74. The van der Waals surface area contributed by atoms with Gasteiger partial charge in [-0.3, -0.25) is 4.79 Å². The summed E-state index contributed by atoms with van der Waals surface area (Å²) in [4.78, 5) is 26.7. The van der Waals surface area contributed by atoms with Crippen molar-refractivity contribution in [1.82, 2.24) is 5.32 Å². The minimum absolute atomic E-state index is 0.0697. The van der Waals surface area contributed by atoms with Gasteiger partial charge >= 0.3 is 5.97 Å². The molecule has 0 saturated carbocycles. The molecule has 0 radical (unpaired) electrons. The molecule has 3 aliphatic rings. The first-order valence-corrected chi connectivity index (χ1v) is 12.6. The van der Waals surface area contributed by atoms with Crippen molar-refractivity contribution >= 4 is 11.9 Å². The predicted molar refractivity (Wildman–Crippen MR) is 133 cm³/mol. The standard InChI is InChI=1S/C29H37NO4/c1-19-9-6-4-5-7-12-26(32)34-29-23(11-8-10-19)17-20(2)21(3)27(29)25(30-28(29)33)18-22-13-15-24(31)16-14-22/h7-8,11-17,19,21,23,25,27,31H,4-6,9-10,18H2,1-3H3,(H,30,33)/b11-8+,12-7+/t19-,21-,23?,25+,27?,29-/m1/s1. The summed E-state index contributed by atoms with van der Waals surface area (Å²) in [5.74, 6) is -0.318. The lowest BCUT2D eigenvalue weighted by molar-refractivity contribution is -0.172. The van der Waals surface area contributed by atoms with Gasteiger partial charge < -0.3 is 15.2 Å². The Bertz CT molecular complexity index is 992. The van der Waals surface area contributed by atoms with Crippen molar-refractivity contribution in [2.45, 2.75) is 70.9 Å². The van der Waals surface area contributed by atoms with Crippen LogP contribution in [0, 0.1) is 23.7 Å². The van der Waals surface area contributed by atoms with E-state index in [9.17, 15) is 14.7 Å². The number of phenols is 1. The number of nitrogens with one attached hydrogen (secondary N) is 1. The molecule has 1 fully saturated rings. The highest BCUT2D eigenvalue weighted by Crippen LogP contribution is 2.50. The molecule has 0 aromatic heterocycles. The molecule has 0 bridgehead atoms. The number of allylic oxidation sites excluding steroid dienone is 3. The van der Waals surface area contributed by atoms with Crippen LogP contribution in [0.4, 0.5) is 0 Å². The minimum atomic E-state index is -1.27. The Kier molecular flexibility index (Phi) is 7.30. The van der Waals surface area contributed by atoms with Crippen molar-refractivity contribution in [3.05, 3.63) is 65.8 Å². The largest absolute Gasteiger partial charge is 0.508 e. The molecule has 34 heavy (non-hydrogen) atoms. The normalized spacial score (nSPS) is 36.2. The van der Waals surface area contributed by atoms with Gasteiger partial charge in [-0.1, -0.05) is 68.7 Å². The van der Waals surface area contributed by atoms with Gasteiger partial charge in [-0.15, -0.1) is 0 Å². The number of carbonyl (C=O) groups excluding carboxylic acids is 2. The zero-order valence-electron chi connectivity index (χ0n) is 20.5. The molecule has 1 aromatic carbocycles. The number of rotatable bonds is 2. The van der Waals surface area contributed by atoms with E-state index in [0.29, 0.717) is 12.3 Å². The van der Waals surface area contributed by atoms with E-state index in [1.54, 1.807) is 12.1 Å². The third kappa shape index (κ3) is 4.84. The molecule has 1 aromatic rings. The summed E-state index contributed by atoms with van der Waals surface area (Å²) in [7, 11) is 0. The highest BCUT2D eigenvalue weighted by Gasteiger charge is 2.64. The van der Waals surface area contributed by atoms with E-state index in [4.69, 9.17) is 4.74 Å². The van der Waals surface area contributed by atoms with Crippen LogP contribution in [-0.4, -0.2) is 28.6 Å². The van der Waals surface area contributed by atoms with Crippen LogP contribution < -0.4 is 5.32 Å². The molecule has 5 nitrogen and oxygen atoms in total. The topological polar surface area (TPSA) is 75.6 Å². The third-order valence-electron chi connectivity index (χ3n) is 7.91. The number of amides is 1. The second-order valence-corrected chi connectivity index (χ2v) is 10.4. The fourth-order valence-electron chi connectivity index (χ4n) is 5.91. The van der Waals surface area contributed by atoms with Crippen LogP contribution in [0.2, 0.25) is 0 Å². The van der Waals surface area contributed by atoms with Gasteiger partial charge in [0.05, 0.1) is 0 Å². The highest BCUT2D eigenvalue weighted by atomic mass is 16.6. The van der Waals surface area contributed by atoms with Gasteiger partial charge in [0, 0.05) is 24.0 Å². The van der Waals surface area contributed by atoms with Crippen molar-refractivity contribution in [2.24, 2.45) is 23.7 Å². The Morgan fingerprint density at radius 1 is 1.12 bits per heavy atom. The molecule has 2 heterocycles. The Morgan fingerprint density at radius 3 is 2.65 bits per heavy atom. The van der Waals surface area contributed by atoms with Gasteiger partial charge in [0.25, 0.3) is 5.91 Å². The average molecular weight is 464 g/mol. The Hall–Kier alpha value is -2.82. The summed E-state index contributed by atoms with van der Waals surface area (Å²) in [5.41, 5.74) is 0.960. The van der Waals surface area contributed by atoms with Gasteiger partial charge in [-0.05, 0) is 62.1 Å². The molecule has 182 valence electrons. The van der Waals surface area contributed by atoms with E-state index in [1.807, 2.05) is 18.2 Å². The molecular weight excluding hydrogens is 426 g/mol. The van der Waals surface area contributed by atoms with E-state index in [0.717, 1.165) is 37.7 Å². The SMILES string of the molecule is CC1=CC2/C=C/C[C@H](C)CCCC/C=C/C(=O)O[C@]23C(=O)N[C@@H](Cc2ccc(O)cc2)C3[C@@H]1C. The second-order valence-electron chi connectivity index (χ2n) is 10.4. The van der Waals surface area contributed by atoms with E-state index < -0.39 is 11.6 Å². The molecule has 1 amide bonds. The average Bonchev–Trinajstić information content (AvgIpc) is 3.07. The molecule has 2 N–H and O–H groups in total. The number of esters is 1. The summed E-state index contributed by atoms with van der Waals surface area (Å²) < 4.78 is 6.18. The second kappa shape index (κ2) is 10.2. The fraction of sp³-hybridized carbons (Fsp3) is 0.517. The van der Waals surface area contributed by atoms with Crippen LogP contribution in [0.15, 0.2) is 60.2 Å². The lowest BCUT2D eigenvalue weighted by Crippen LogP contribution is -2.56. The maximum Gasteiger partial charge on any atom is 0.331 e. The van der Waals surface area contributed by atoms with E-state index in [1.165, 1.54) is 11.6 Å². The highest BCUT2D eigenvalue weighted by molar-refractivity contribution is 5.94. The number of carbonyl (C=O) groups is 2. The number of hydrogen-bond acceptors (Lipinski definition) is 4. The van der Waals surface area contributed by atoms with Crippen molar-refractivity contribution in [2.75, 3.05) is 0 Å². The van der Waals surface area contributed by atoms with Gasteiger partial charge in [0.1, 0.15) is 5.75 Å². The first kappa shape index (κ1) is 24.3. The van der Waals surface area contributed by atoms with Gasteiger partial charge in [0.2, 0.25) is 5.60 Å². The first-order valence-electron chi connectivity index (χ1n) is 12.6. The first-order chi connectivity index (χ1) is 16.3. The van der Waals surface area contributed by atoms with Gasteiger partial charge in [-0.2, -0.15) is 0 Å². The van der Waals surface area contributed by atoms with Crippen LogP contribution >= 0.6 is 0 Å². The molecule has 5 heteroatoms. The van der Waals surface area contributed by atoms with Crippen molar-refractivity contribution < 1.29 is 19.4 Å². The Morgan fingerprint density at radius 2 is 1.88 bits per heavy atom. The summed E-state index contributed by atoms with van der Waals surface area (Å²) in [5, 5.41) is 12.9. The summed E-state index contributed by atoms with van der Waals surface area (Å²) in [6.07, 6.45) is 15.5. The molecule has 1 spiro atoms. The number of hydrogen-bond donors (Lipinski definition) is 2. The molecule has 6 atom stereocenters. The maximum atomic E-state index is 13.7. The van der Waals surface area contributed by atoms with Crippen molar-refractivity contribution in [1.29, 1.82) is 0 Å². The third-order valence-corrected chi connectivity index (χ3v) is 7.91. The molecular formula is C29H37NO4. The quantitative estimate of drug-likeness (QED) is 0.464. The number of ether oxygens (including phenoxy) is 1. The van der Waals surface area contributed by atoms with Gasteiger partial charge in [0.15, 0.2) is 0 Å². The zero-order chi connectivity index (χ0) is 24.3. The molecule has 2 unspecified atom stereocenters. The van der Waals surface area contributed by atoms with E-state index >= 15 is 0 Å². The van der Waals surface area contributed by atoms with Crippen molar-refractivity contribution in [3.8, 4) is 5.75 Å². The zero-order valence-corrected chi connectivity index (χ0v) is 20.5. The number of benzene rings is 1. The molecule has 2 aliphatic heterocycles. The Labute approximate surface area is 203 Å².